The first-order chi connectivity index (χ1) is 19.9. The number of hydrogen-bond acceptors (Lipinski definition) is 8. The van der Waals surface area contributed by atoms with Crippen LogP contribution in [0.15, 0.2) is 40.9 Å². The molecule has 2 heterocycles. The van der Waals surface area contributed by atoms with Crippen LogP contribution in [-0.4, -0.2) is 59.9 Å². The van der Waals surface area contributed by atoms with Gasteiger partial charge in [0, 0.05) is 43.1 Å². The molecule has 3 aromatic rings. The van der Waals surface area contributed by atoms with Gasteiger partial charge in [-0.15, -0.1) is 0 Å². The van der Waals surface area contributed by atoms with E-state index in [4.69, 9.17) is 14.0 Å². The number of carbonyl (C=O) groups excluding carboxylic acids is 2. The molecule has 0 radical (unpaired) electrons. The molecule has 1 saturated heterocycles. The van der Waals surface area contributed by atoms with Gasteiger partial charge in [-0.2, -0.15) is 10.2 Å². The molecule has 1 aromatic heterocycles. The molecule has 41 heavy (non-hydrogen) atoms. The summed E-state index contributed by atoms with van der Waals surface area (Å²) in [6.07, 6.45) is 3.75. The third kappa shape index (κ3) is 6.35. The van der Waals surface area contributed by atoms with Gasteiger partial charge in [0.2, 0.25) is 5.82 Å². The first kappa shape index (κ1) is 28.1. The number of nitrogens with zero attached hydrogens (tertiary/aromatic N) is 4. The number of methoxy groups -OCH3 is 1. The van der Waals surface area contributed by atoms with Crippen LogP contribution >= 0.6 is 0 Å². The lowest BCUT2D eigenvalue weighted by Gasteiger charge is -2.32. The van der Waals surface area contributed by atoms with Crippen molar-refractivity contribution in [3.05, 3.63) is 53.1 Å². The van der Waals surface area contributed by atoms with Gasteiger partial charge >= 0.3 is 12.0 Å². The minimum atomic E-state index is -0.191. The van der Waals surface area contributed by atoms with E-state index in [2.05, 4.69) is 27.6 Å². The summed E-state index contributed by atoms with van der Waals surface area (Å²) in [6, 6.07) is 13.5. The number of piperidine rings is 1. The lowest BCUT2D eigenvalue weighted by molar-refractivity contribution is -0.142. The number of fused-ring (bicyclic) bond motifs is 1. The summed E-state index contributed by atoms with van der Waals surface area (Å²) in [5.74, 6) is 1.63. The summed E-state index contributed by atoms with van der Waals surface area (Å²) in [4.78, 5) is 30.9. The molecular formula is C31H35N5O5. The smallest absolute Gasteiger partial charge is 0.317 e. The Bertz CT molecular complexity index is 1450. The Labute approximate surface area is 239 Å². The fourth-order valence-corrected chi connectivity index (χ4v) is 5.70. The maximum absolute atomic E-state index is 12.9. The average molecular weight is 558 g/mol. The molecule has 0 bridgehead atoms. The summed E-state index contributed by atoms with van der Waals surface area (Å²) in [6.45, 7) is 5.66. The second-order valence-electron chi connectivity index (χ2n) is 10.9. The molecule has 2 aliphatic rings. The van der Waals surface area contributed by atoms with Crippen LogP contribution in [0.1, 0.15) is 62.1 Å². The average Bonchev–Trinajstić information content (AvgIpc) is 3.64. The van der Waals surface area contributed by atoms with Gasteiger partial charge in [0.25, 0.3) is 5.89 Å². The van der Waals surface area contributed by atoms with Crippen molar-refractivity contribution in [2.24, 2.45) is 5.92 Å². The van der Waals surface area contributed by atoms with E-state index >= 15 is 0 Å². The second kappa shape index (κ2) is 12.4. The molecule has 1 fully saturated rings. The molecule has 5 rings (SSSR count). The van der Waals surface area contributed by atoms with Crippen LogP contribution < -0.4 is 10.1 Å². The number of benzene rings is 2. The number of esters is 1. The summed E-state index contributed by atoms with van der Waals surface area (Å²) in [5, 5.41) is 16.9. The third-order valence-electron chi connectivity index (χ3n) is 7.86. The Hall–Kier alpha value is -4.39. The number of likely N-dealkylation sites (tertiary alicyclic amines) is 1. The second-order valence-corrected chi connectivity index (χ2v) is 10.9. The van der Waals surface area contributed by atoms with Crippen molar-refractivity contribution in [1.82, 2.24) is 20.4 Å². The van der Waals surface area contributed by atoms with E-state index in [0.717, 1.165) is 31.2 Å². The van der Waals surface area contributed by atoms with E-state index in [1.165, 1.54) is 18.2 Å². The molecule has 2 aromatic carbocycles. The third-order valence-corrected chi connectivity index (χ3v) is 7.86. The van der Waals surface area contributed by atoms with Gasteiger partial charge in [0.15, 0.2) is 0 Å². The number of amides is 2. The fourth-order valence-electron chi connectivity index (χ4n) is 5.70. The lowest BCUT2D eigenvalue weighted by atomic mass is 9.94. The molecule has 1 aliphatic carbocycles. The standard InChI is InChI=1S/C31H35N5O5/c1-19(2)40-27-10-8-21(16-23(27)17-32)30-34-29(35-41-30)26-6-4-5-24-22(7-9-25(24)26)18-33-31(38)36-13-11-20(12-14-36)15-28(37)39-3/h4-6,8,10,16,19-20,22H,7,9,11-15,18H2,1-3H3,(H,33,38). The highest BCUT2D eigenvalue weighted by Gasteiger charge is 2.29. The lowest BCUT2D eigenvalue weighted by Crippen LogP contribution is -2.45. The number of aromatic nitrogens is 2. The van der Waals surface area contributed by atoms with E-state index in [1.54, 1.807) is 12.1 Å². The Morgan fingerprint density at radius 1 is 1.20 bits per heavy atom. The number of hydrogen-bond donors (Lipinski definition) is 1. The van der Waals surface area contributed by atoms with Gasteiger partial charge in [-0.05, 0) is 74.8 Å². The van der Waals surface area contributed by atoms with Gasteiger partial charge in [-0.1, -0.05) is 23.4 Å². The van der Waals surface area contributed by atoms with Crippen molar-refractivity contribution in [2.45, 2.75) is 58.0 Å². The molecule has 0 saturated carbocycles. The van der Waals surface area contributed by atoms with Gasteiger partial charge in [-0.25, -0.2) is 4.79 Å². The van der Waals surface area contributed by atoms with Crippen LogP contribution in [0, 0.1) is 17.2 Å². The Balaban J connectivity index is 1.23. The van der Waals surface area contributed by atoms with E-state index in [9.17, 15) is 14.9 Å². The number of nitrogens with one attached hydrogen (secondary N) is 1. The molecule has 0 spiro atoms. The molecule has 1 atom stereocenters. The zero-order valence-corrected chi connectivity index (χ0v) is 23.7. The van der Waals surface area contributed by atoms with Crippen molar-refractivity contribution in [3.8, 4) is 34.7 Å². The Morgan fingerprint density at radius 2 is 2.00 bits per heavy atom. The number of rotatable bonds is 8. The molecule has 2 amide bonds. The Kier molecular flexibility index (Phi) is 8.53. The zero-order chi connectivity index (χ0) is 28.9. The number of urea groups is 1. The van der Waals surface area contributed by atoms with Crippen LogP contribution in [0.4, 0.5) is 4.79 Å². The number of nitriles is 1. The quantitative estimate of drug-likeness (QED) is 0.380. The van der Waals surface area contributed by atoms with Gasteiger partial charge in [-0.3, -0.25) is 4.79 Å². The summed E-state index contributed by atoms with van der Waals surface area (Å²) in [7, 11) is 1.41. The van der Waals surface area contributed by atoms with Crippen LogP contribution in [0.25, 0.3) is 22.8 Å². The first-order valence-electron chi connectivity index (χ1n) is 14.1. The van der Waals surface area contributed by atoms with Crippen molar-refractivity contribution in [3.63, 3.8) is 0 Å². The van der Waals surface area contributed by atoms with Crippen molar-refractivity contribution in [2.75, 3.05) is 26.7 Å². The molecule has 214 valence electrons. The minimum Gasteiger partial charge on any atom is -0.490 e. The fraction of sp³-hybridized carbons (Fsp3) is 0.452. The molecular weight excluding hydrogens is 522 g/mol. The predicted octanol–water partition coefficient (Wildman–Crippen LogP) is 5.08. The molecule has 1 N–H and O–H groups in total. The van der Waals surface area contributed by atoms with E-state index in [1.807, 2.05) is 36.9 Å². The van der Waals surface area contributed by atoms with Crippen LogP contribution in [0.5, 0.6) is 5.75 Å². The number of carbonyl (C=O) groups is 2. The van der Waals surface area contributed by atoms with E-state index < -0.39 is 0 Å². The van der Waals surface area contributed by atoms with E-state index in [0.29, 0.717) is 54.6 Å². The summed E-state index contributed by atoms with van der Waals surface area (Å²) < 4.78 is 16.1. The monoisotopic (exact) mass is 557 g/mol. The topological polar surface area (TPSA) is 131 Å². The first-order valence-corrected chi connectivity index (χ1v) is 14.1. The van der Waals surface area contributed by atoms with Crippen LogP contribution in [-0.2, 0) is 16.0 Å². The van der Waals surface area contributed by atoms with Crippen LogP contribution in [0.2, 0.25) is 0 Å². The van der Waals surface area contributed by atoms with Gasteiger partial charge in [0.05, 0.1) is 18.8 Å². The summed E-state index contributed by atoms with van der Waals surface area (Å²) >= 11 is 0. The maximum atomic E-state index is 12.9. The normalized spacial score (nSPS) is 16.8. The largest absolute Gasteiger partial charge is 0.490 e. The van der Waals surface area contributed by atoms with E-state index in [-0.39, 0.29) is 29.9 Å². The molecule has 1 unspecified atom stereocenters. The maximum Gasteiger partial charge on any atom is 0.317 e. The Morgan fingerprint density at radius 3 is 2.73 bits per heavy atom. The summed E-state index contributed by atoms with van der Waals surface area (Å²) in [5.41, 5.74) is 4.33. The highest BCUT2D eigenvalue weighted by Crippen LogP contribution is 2.38. The van der Waals surface area contributed by atoms with Crippen LogP contribution in [0.3, 0.4) is 0 Å². The highest BCUT2D eigenvalue weighted by molar-refractivity contribution is 5.75. The van der Waals surface area contributed by atoms with Crippen molar-refractivity contribution >= 4 is 12.0 Å². The van der Waals surface area contributed by atoms with Gasteiger partial charge < -0.3 is 24.2 Å². The number of ether oxygens (including phenoxy) is 2. The van der Waals surface area contributed by atoms with Gasteiger partial charge in [0.1, 0.15) is 11.8 Å². The zero-order valence-electron chi connectivity index (χ0n) is 23.7. The molecule has 10 heteroatoms. The van der Waals surface area contributed by atoms with Crippen molar-refractivity contribution < 1.29 is 23.6 Å². The highest BCUT2D eigenvalue weighted by atomic mass is 16.5. The molecule has 10 nitrogen and oxygen atoms in total. The minimum absolute atomic E-state index is 0.0443. The molecule has 1 aliphatic heterocycles. The van der Waals surface area contributed by atoms with Crippen molar-refractivity contribution in [1.29, 1.82) is 5.26 Å². The predicted molar refractivity (Wildman–Crippen MR) is 151 cm³/mol. The SMILES string of the molecule is COC(=O)CC1CCN(C(=O)NCC2CCc3c(-c4noc(-c5ccc(OC(C)C)c(C#N)c5)n4)cccc32)CC1.